The lowest BCUT2D eigenvalue weighted by molar-refractivity contribution is 0.414. The van der Waals surface area contributed by atoms with E-state index >= 15 is 0 Å². The highest BCUT2D eigenvalue weighted by atomic mass is 35.5. The molecule has 0 saturated heterocycles. The van der Waals surface area contributed by atoms with E-state index in [0.29, 0.717) is 23.7 Å². The van der Waals surface area contributed by atoms with Gasteiger partial charge >= 0.3 is 0 Å². The van der Waals surface area contributed by atoms with E-state index in [-0.39, 0.29) is 23.3 Å². The number of sulfonamides is 1. The Kier molecular flexibility index (Phi) is 9.77. The Morgan fingerprint density at radius 3 is 2.28 bits per heavy atom. The summed E-state index contributed by atoms with van der Waals surface area (Å²) in [6.07, 6.45) is 0.449. The molecule has 0 saturated carbocycles. The predicted molar refractivity (Wildman–Crippen MR) is 150 cm³/mol. The Morgan fingerprint density at radius 1 is 0.889 bits per heavy atom. The Morgan fingerprint density at radius 2 is 1.56 bits per heavy atom. The predicted octanol–water partition coefficient (Wildman–Crippen LogP) is 6.16. The van der Waals surface area contributed by atoms with Crippen LogP contribution >= 0.6 is 24.0 Å². The van der Waals surface area contributed by atoms with Crippen LogP contribution in [-0.2, 0) is 16.4 Å². The third kappa shape index (κ3) is 6.78. The highest BCUT2D eigenvalue weighted by Gasteiger charge is 2.22. The van der Waals surface area contributed by atoms with Crippen LogP contribution in [0.25, 0.3) is 10.8 Å². The van der Waals surface area contributed by atoms with Crippen LogP contribution in [0.1, 0.15) is 24.1 Å². The van der Waals surface area contributed by atoms with Crippen molar-refractivity contribution in [1.29, 1.82) is 0 Å². The molecule has 0 fully saturated rings. The second-order valence-corrected chi connectivity index (χ2v) is 10.6. The summed E-state index contributed by atoms with van der Waals surface area (Å²) in [5.74, 6) is 0.599. The van der Waals surface area contributed by atoms with Crippen LogP contribution in [0, 0.1) is 0 Å². The topological polar surface area (TPSA) is 67.4 Å². The van der Waals surface area contributed by atoms with Gasteiger partial charge in [-0.1, -0.05) is 72.3 Å². The summed E-state index contributed by atoms with van der Waals surface area (Å²) in [5, 5.41) is 6.50. The molecule has 4 rings (SSSR count). The van der Waals surface area contributed by atoms with E-state index < -0.39 is 16.1 Å². The number of fused-ring (bicyclic) bond motifs is 1. The first-order valence-electron chi connectivity index (χ1n) is 11.5. The molecule has 4 aromatic carbocycles. The minimum atomic E-state index is -3.75. The zero-order chi connectivity index (χ0) is 24.8. The number of methoxy groups -OCH3 is 1. The first-order chi connectivity index (χ1) is 16.9. The van der Waals surface area contributed by atoms with Gasteiger partial charge in [0.15, 0.2) is 0 Å². The normalized spacial score (nSPS) is 13.1. The maximum atomic E-state index is 13.2. The Hall–Kier alpha value is -2.61. The molecule has 4 aromatic rings. The minimum absolute atomic E-state index is 0. The van der Waals surface area contributed by atoms with Crippen molar-refractivity contribution in [3.8, 4) is 5.75 Å². The van der Waals surface area contributed by atoms with Crippen LogP contribution in [-0.4, -0.2) is 28.1 Å². The summed E-state index contributed by atoms with van der Waals surface area (Å²) in [7, 11) is -2.21. The summed E-state index contributed by atoms with van der Waals surface area (Å²) in [6, 6.07) is 28.0. The molecule has 0 heterocycles. The van der Waals surface area contributed by atoms with Crippen molar-refractivity contribution in [3.63, 3.8) is 0 Å². The molecule has 0 amide bonds. The van der Waals surface area contributed by atoms with Gasteiger partial charge in [-0.05, 0) is 65.6 Å². The molecule has 0 aliphatic heterocycles. The number of hydrogen-bond donors (Lipinski definition) is 2. The quantitative estimate of drug-likeness (QED) is 0.250. The lowest BCUT2D eigenvalue weighted by Gasteiger charge is -2.23. The van der Waals surface area contributed by atoms with Crippen LogP contribution in [0.4, 0.5) is 0 Å². The van der Waals surface area contributed by atoms with E-state index in [0.717, 1.165) is 11.1 Å². The molecule has 2 N–H and O–H groups in total. The summed E-state index contributed by atoms with van der Waals surface area (Å²) in [4.78, 5) is 0.185. The van der Waals surface area contributed by atoms with Gasteiger partial charge in [0.2, 0.25) is 10.0 Å². The monoisotopic (exact) mass is 544 g/mol. The third-order valence-corrected chi connectivity index (χ3v) is 7.98. The summed E-state index contributed by atoms with van der Waals surface area (Å²) in [5.41, 5.74) is 2.05. The highest BCUT2D eigenvalue weighted by molar-refractivity contribution is 7.89. The molecule has 0 spiro atoms. The van der Waals surface area contributed by atoms with Gasteiger partial charge in [0.05, 0.1) is 12.0 Å². The number of nitrogens with one attached hydrogen (secondary N) is 2. The zero-order valence-electron chi connectivity index (χ0n) is 20.1. The van der Waals surface area contributed by atoms with E-state index in [2.05, 4.69) is 41.2 Å². The van der Waals surface area contributed by atoms with E-state index in [9.17, 15) is 8.42 Å². The maximum absolute atomic E-state index is 13.2. The first-order valence-corrected chi connectivity index (χ1v) is 13.3. The average Bonchev–Trinajstić information content (AvgIpc) is 2.88. The molecule has 2 atom stereocenters. The molecule has 8 heteroatoms. The largest absolute Gasteiger partial charge is 0.497 e. The molecule has 0 radical (unpaired) electrons. The van der Waals surface area contributed by atoms with Gasteiger partial charge in [0, 0.05) is 23.7 Å². The minimum Gasteiger partial charge on any atom is -0.497 e. The van der Waals surface area contributed by atoms with Gasteiger partial charge in [-0.15, -0.1) is 12.4 Å². The van der Waals surface area contributed by atoms with Gasteiger partial charge in [-0.2, -0.15) is 0 Å². The Bertz CT molecular complexity index is 1390. The number of hydrogen-bond acceptors (Lipinski definition) is 4. The van der Waals surface area contributed by atoms with Crippen molar-refractivity contribution in [1.82, 2.24) is 10.0 Å². The molecular weight excluding hydrogens is 515 g/mol. The van der Waals surface area contributed by atoms with E-state index in [1.54, 1.807) is 31.4 Å². The fraction of sp³-hybridized carbons (Fsp3) is 0.214. The molecule has 0 aliphatic carbocycles. The fourth-order valence-corrected chi connectivity index (χ4v) is 5.63. The van der Waals surface area contributed by atoms with Crippen LogP contribution < -0.4 is 14.8 Å². The highest BCUT2D eigenvalue weighted by Crippen LogP contribution is 2.25. The molecule has 5 nitrogen and oxygen atoms in total. The van der Waals surface area contributed by atoms with E-state index in [1.807, 2.05) is 42.5 Å². The molecule has 0 bridgehead atoms. The number of ether oxygens (including phenoxy) is 1. The standard InChI is InChI=1S/C28H29ClN2O3S.ClH/c1-20(26-12-7-10-21-8-3-5-11-27(21)26)30-19-23(18-22-9-4-6-13-28(22)29)31-35(32,33)25-16-14-24(34-2)15-17-25;/h3-17,20,23,30-31H,18-19H2,1-2H3;1H. The fourth-order valence-electron chi connectivity index (χ4n) is 4.18. The van der Waals surface area contributed by atoms with Gasteiger partial charge in [0.1, 0.15) is 5.75 Å². The van der Waals surface area contributed by atoms with Gasteiger partial charge in [0.25, 0.3) is 0 Å². The van der Waals surface area contributed by atoms with Crippen LogP contribution in [0.3, 0.4) is 0 Å². The molecule has 0 aromatic heterocycles. The van der Waals surface area contributed by atoms with E-state index in [4.69, 9.17) is 16.3 Å². The van der Waals surface area contributed by atoms with E-state index in [1.165, 1.54) is 10.8 Å². The smallest absolute Gasteiger partial charge is 0.240 e. The molecule has 0 aliphatic rings. The van der Waals surface area contributed by atoms with Crippen LogP contribution in [0.5, 0.6) is 5.75 Å². The Balaban J connectivity index is 0.00000361. The average molecular weight is 546 g/mol. The second-order valence-electron chi connectivity index (χ2n) is 8.49. The first kappa shape index (κ1) is 28.0. The number of rotatable bonds is 10. The Labute approximate surface area is 224 Å². The molecule has 2 unspecified atom stereocenters. The summed E-state index contributed by atoms with van der Waals surface area (Å²) >= 11 is 6.40. The van der Waals surface area contributed by atoms with Gasteiger partial charge in [-0.25, -0.2) is 13.1 Å². The van der Waals surface area contributed by atoms with Crippen molar-refractivity contribution in [2.24, 2.45) is 0 Å². The molecule has 190 valence electrons. The van der Waals surface area contributed by atoms with Gasteiger partial charge in [-0.3, -0.25) is 0 Å². The number of halogens is 2. The maximum Gasteiger partial charge on any atom is 0.240 e. The van der Waals surface area contributed by atoms with Crippen molar-refractivity contribution in [2.45, 2.75) is 30.3 Å². The molecule has 36 heavy (non-hydrogen) atoms. The lowest BCUT2D eigenvalue weighted by atomic mass is 9.99. The SMILES string of the molecule is COc1ccc(S(=O)(=O)NC(CNC(C)c2cccc3ccccc23)Cc2ccccc2Cl)cc1.Cl. The van der Waals surface area contributed by atoms with Crippen molar-refractivity contribution < 1.29 is 13.2 Å². The van der Waals surface area contributed by atoms with Crippen molar-refractivity contribution >= 4 is 44.8 Å². The third-order valence-electron chi connectivity index (χ3n) is 6.08. The number of benzene rings is 4. The van der Waals surface area contributed by atoms with Crippen molar-refractivity contribution in [2.75, 3.05) is 13.7 Å². The van der Waals surface area contributed by atoms with Crippen LogP contribution in [0.15, 0.2) is 95.9 Å². The van der Waals surface area contributed by atoms with Crippen LogP contribution in [0.2, 0.25) is 5.02 Å². The lowest BCUT2D eigenvalue weighted by Crippen LogP contribution is -2.44. The summed E-state index contributed by atoms with van der Waals surface area (Å²) in [6.45, 7) is 2.51. The molecular formula is C28H30Cl2N2O3S. The van der Waals surface area contributed by atoms with Gasteiger partial charge < -0.3 is 10.1 Å². The second kappa shape index (κ2) is 12.6. The summed E-state index contributed by atoms with van der Waals surface area (Å²) < 4.78 is 34.4. The zero-order valence-corrected chi connectivity index (χ0v) is 22.5. The van der Waals surface area contributed by atoms with Crippen molar-refractivity contribution in [3.05, 3.63) is 107 Å².